The molecule has 0 spiro atoms. The fourth-order valence-electron chi connectivity index (χ4n) is 3.93. The normalized spacial score (nSPS) is 20.3. The Bertz CT molecular complexity index is 1020. The molecule has 2 aliphatic heterocycles. The van der Waals surface area contributed by atoms with Gasteiger partial charge >= 0.3 is 0 Å². The standard InChI is InChI=1S/C21H23FN2O4S/c1-15-20-14-18(22)5-2-16(20)8-9-24(15)21(25)17-3-6-19(7-4-17)29(26,27)23-10-12-28-13-11-23/h2-7,14-15H,8-13H2,1H3. The van der Waals surface area contributed by atoms with Crippen molar-refractivity contribution in [2.45, 2.75) is 24.3 Å². The third-order valence-corrected chi connectivity index (χ3v) is 7.53. The van der Waals surface area contributed by atoms with Gasteiger partial charge in [0.15, 0.2) is 0 Å². The van der Waals surface area contributed by atoms with E-state index >= 15 is 0 Å². The van der Waals surface area contributed by atoms with Crippen LogP contribution in [0.3, 0.4) is 0 Å². The first-order valence-corrected chi connectivity index (χ1v) is 11.1. The number of hydrogen-bond donors (Lipinski definition) is 0. The summed E-state index contributed by atoms with van der Waals surface area (Å²) in [6.45, 7) is 3.82. The van der Waals surface area contributed by atoms with Crippen molar-refractivity contribution in [3.05, 3.63) is 65.0 Å². The van der Waals surface area contributed by atoms with Crippen LogP contribution in [0.4, 0.5) is 4.39 Å². The topological polar surface area (TPSA) is 66.9 Å². The highest BCUT2D eigenvalue weighted by Crippen LogP contribution is 2.31. The maximum atomic E-state index is 13.7. The van der Waals surface area contributed by atoms with Crippen molar-refractivity contribution in [1.29, 1.82) is 0 Å². The van der Waals surface area contributed by atoms with E-state index in [2.05, 4.69) is 0 Å². The molecular weight excluding hydrogens is 395 g/mol. The molecule has 0 aliphatic carbocycles. The molecule has 2 aromatic rings. The number of carbonyl (C=O) groups excluding carboxylic acids is 1. The number of rotatable bonds is 3. The van der Waals surface area contributed by atoms with E-state index in [1.54, 1.807) is 23.1 Å². The minimum atomic E-state index is -3.60. The van der Waals surface area contributed by atoms with Gasteiger partial charge < -0.3 is 9.64 Å². The van der Waals surface area contributed by atoms with Crippen LogP contribution in [0.5, 0.6) is 0 Å². The first-order chi connectivity index (χ1) is 13.9. The van der Waals surface area contributed by atoms with Gasteiger partial charge in [0, 0.05) is 25.2 Å². The lowest BCUT2D eigenvalue weighted by Gasteiger charge is -2.35. The number of hydrogen-bond acceptors (Lipinski definition) is 4. The molecule has 4 rings (SSSR count). The quantitative estimate of drug-likeness (QED) is 0.769. The van der Waals surface area contributed by atoms with Crippen LogP contribution < -0.4 is 0 Å². The predicted molar refractivity (Wildman–Crippen MR) is 106 cm³/mol. The second kappa shape index (κ2) is 7.85. The van der Waals surface area contributed by atoms with E-state index in [0.29, 0.717) is 44.8 Å². The first-order valence-electron chi connectivity index (χ1n) is 9.65. The fourth-order valence-corrected chi connectivity index (χ4v) is 5.34. The summed E-state index contributed by atoms with van der Waals surface area (Å²) in [6.07, 6.45) is 0.662. The van der Waals surface area contributed by atoms with Gasteiger partial charge in [-0.05, 0) is 60.9 Å². The van der Waals surface area contributed by atoms with Crippen LogP contribution in [0.25, 0.3) is 0 Å². The number of morpholine rings is 1. The molecule has 154 valence electrons. The maximum absolute atomic E-state index is 13.7. The smallest absolute Gasteiger partial charge is 0.254 e. The Balaban J connectivity index is 1.54. The number of nitrogens with zero attached hydrogens (tertiary/aromatic N) is 2. The summed E-state index contributed by atoms with van der Waals surface area (Å²) in [5, 5.41) is 0. The van der Waals surface area contributed by atoms with Gasteiger partial charge in [-0.3, -0.25) is 4.79 Å². The zero-order valence-electron chi connectivity index (χ0n) is 16.2. The summed E-state index contributed by atoms with van der Waals surface area (Å²) < 4.78 is 45.7. The van der Waals surface area contributed by atoms with Gasteiger partial charge in [-0.1, -0.05) is 6.07 Å². The predicted octanol–water partition coefficient (Wildman–Crippen LogP) is 2.61. The van der Waals surface area contributed by atoms with Gasteiger partial charge in [0.05, 0.1) is 24.2 Å². The van der Waals surface area contributed by atoms with E-state index in [-0.39, 0.29) is 22.7 Å². The number of sulfonamides is 1. The SMILES string of the molecule is CC1c2cc(F)ccc2CCN1C(=O)c1ccc(S(=O)(=O)N2CCOCC2)cc1. The molecule has 29 heavy (non-hydrogen) atoms. The van der Waals surface area contributed by atoms with Gasteiger partial charge in [-0.25, -0.2) is 12.8 Å². The van der Waals surface area contributed by atoms with E-state index in [4.69, 9.17) is 4.74 Å². The molecule has 0 saturated carbocycles. The molecule has 1 amide bonds. The van der Waals surface area contributed by atoms with E-state index in [0.717, 1.165) is 11.1 Å². The number of amides is 1. The summed E-state index contributed by atoms with van der Waals surface area (Å²) in [4.78, 5) is 14.9. The minimum Gasteiger partial charge on any atom is -0.379 e. The van der Waals surface area contributed by atoms with Crippen LogP contribution in [0.2, 0.25) is 0 Å². The Morgan fingerprint density at radius 2 is 1.76 bits per heavy atom. The monoisotopic (exact) mass is 418 g/mol. The molecule has 8 heteroatoms. The van der Waals surface area contributed by atoms with Crippen LogP contribution >= 0.6 is 0 Å². The highest BCUT2D eigenvalue weighted by Gasteiger charge is 2.30. The molecule has 0 aromatic heterocycles. The van der Waals surface area contributed by atoms with Gasteiger partial charge in [0.2, 0.25) is 10.0 Å². The highest BCUT2D eigenvalue weighted by atomic mass is 32.2. The number of halogens is 1. The fraction of sp³-hybridized carbons (Fsp3) is 0.381. The number of fused-ring (bicyclic) bond motifs is 1. The summed E-state index contributed by atoms with van der Waals surface area (Å²) in [5.41, 5.74) is 2.28. The van der Waals surface area contributed by atoms with Crippen LogP contribution in [-0.4, -0.2) is 56.4 Å². The molecule has 2 heterocycles. The molecular formula is C21H23FN2O4S. The molecule has 0 radical (unpaired) electrons. The lowest BCUT2D eigenvalue weighted by Crippen LogP contribution is -2.40. The molecule has 1 fully saturated rings. The summed E-state index contributed by atoms with van der Waals surface area (Å²) >= 11 is 0. The largest absolute Gasteiger partial charge is 0.379 e. The van der Waals surface area contributed by atoms with Crippen LogP contribution in [-0.2, 0) is 21.2 Å². The molecule has 6 nitrogen and oxygen atoms in total. The van der Waals surface area contributed by atoms with Crippen molar-refractivity contribution < 1.29 is 22.3 Å². The zero-order chi connectivity index (χ0) is 20.6. The van der Waals surface area contributed by atoms with E-state index < -0.39 is 10.0 Å². The van der Waals surface area contributed by atoms with E-state index in [9.17, 15) is 17.6 Å². The van der Waals surface area contributed by atoms with Crippen molar-refractivity contribution in [1.82, 2.24) is 9.21 Å². The lowest BCUT2D eigenvalue weighted by molar-refractivity contribution is 0.0677. The molecule has 2 aromatic carbocycles. The molecule has 1 unspecified atom stereocenters. The molecule has 0 bridgehead atoms. The second-order valence-electron chi connectivity index (χ2n) is 7.31. The number of carbonyl (C=O) groups is 1. The second-order valence-corrected chi connectivity index (χ2v) is 9.25. The summed E-state index contributed by atoms with van der Waals surface area (Å²) in [7, 11) is -3.60. The average molecular weight is 418 g/mol. The van der Waals surface area contributed by atoms with E-state index in [1.165, 1.54) is 28.6 Å². The van der Waals surface area contributed by atoms with Crippen LogP contribution in [0.1, 0.15) is 34.5 Å². The third-order valence-electron chi connectivity index (χ3n) is 5.62. The van der Waals surface area contributed by atoms with Gasteiger partial charge in [0.1, 0.15) is 5.82 Å². The van der Waals surface area contributed by atoms with Crippen molar-refractivity contribution in [2.24, 2.45) is 0 Å². The Morgan fingerprint density at radius 3 is 2.45 bits per heavy atom. The van der Waals surface area contributed by atoms with Crippen molar-refractivity contribution in [3.63, 3.8) is 0 Å². The first kappa shape index (κ1) is 20.0. The van der Waals surface area contributed by atoms with Gasteiger partial charge in [-0.15, -0.1) is 0 Å². The third kappa shape index (κ3) is 3.80. The molecule has 1 atom stereocenters. The Hall–Kier alpha value is -2.29. The van der Waals surface area contributed by atoms with Crippen molar-refractivity contribution in [2.75, 3.05) is 32.8 Å². The number of ether oxygens (including phenoxy) is 1. The molecule has 1 saturated heterocycles. The van der Waals surface area contributed by atoms with Crippen LogP contribution in [0.15, 0.2) is 47.4 Å². The highest BCUT2D eigenvalue weighted by molar-refractivity contribution is 7.89. The molecule has 2 aliphatic rings. The Morgan fingerprint density at radius 1 is 1.07 bits per heavy atom. The average Bonchev–Trinajstić information content (AvgIpc) is 2.75. The Kier molecular flexibility index (Phi) is 5.42. The molecule has 0 N–H and O–H groups in total. The van der Waals surface area contributed by atoms with Crippen LogP contribution in [0, 0.1) is 5.82 Å². The Labute approximate surface area is 169 Å². The van der Waals surface area contributed by atoms with Gasteiger partial charge in [0.25, 0.3) is 5.91 Å². The van der Waals surface area contributed by atoms with Crippen molar-refractivity contribution in [3.8, 4) is 0 Å². The summed E-state index contributed by atoms with van der Waals surface area (Å²) in [5.74, 6) is -0.509. The lowest BCUT2D eigenvalue weighted by atomic mass is 9.93. The van der Waals surface area contributed by atoms with E-state index in [1.807, 2.05) is 6.92 Å². The zero-order valence-corrected chi connectivity index (χ0v) is 17.0. The minimum absolute atomic E-state index is 0.162. The van der Waals surface area contributed by atoms with Gasteiger partial charge in [-0.2, -0.15) is 4.31 Å². The summed E-state index contributed by atoms with van der Waals surface area (Å²) in [6, 6.07) is 10.5. The van der Waals surface area contributed by atoms with Crippen molar-refractivity contribution >= 4 is 15.9 Å². The maximum Gasteiger partial charge on any atom is 0.254 e. The number of benzene rings is 2.